The van der Waals surface area contributed by atoms with Crippen molar-refractivity contribution in [3.8, 4) is 0 Å². The van der Waals surface area contributed by atoms with E-state index in [0.717, 1.165) is 29.8 Å². The zero-order valence-corrected chi connectivity index (χ0v) is 15.5. The minimum Gasteiger partial charge on any atom is -0.469 e. The summed E-state index contributed by atoms with van der Waals surface area (Å²) in [6, 6.07) is 13.2. The molecular formula is C20H21F3N2O3. The molecule has 0 aliphatic rings. The van der Waals surface area contributed by atoms with Crippen LogP contribution < -0.4 is 10.9 Å². The van der Waals surface area contributed by atoms with Crippen molar-refractivity contribution < 1.29 is 27.5 Å². The van der Waals surface area contributed by atoms with Crippen LogP contribution in [0.4, 0.5) is 13.2 Å². The van der Waals surface area contributed by atoms with E-state index in [4.69, 9.17) is 4.74 Å². The van der Waals surface area contributed by atoms with Gasteiger partial charge in [0.15, 0.2) is 0 Å². The van der Waals surface area contributed by atoms with Gasteiger partial charge in [0.05, 0.1) is 19.1 Å². The first-order valence-corrected chi connectivity index (χ1v) is 8.48. The first kappa shape index (κ1) is 21.4. The first-order valence-electron chi connectivity index (χ1n) is 8.48. The van der Waals surface area contributed by atoms with Crippen LogP contribution in [0.5, 0.6) is 0 Å². The van der Waals surface area contributed by atoms with Crippen LogP contribution in [0.1, 0.15) is 34.8 Å². The van der Waals surface area contributed by atoms with Gasteiger partial charge in [0.25, 0.3) is 5.91 Å². The van der Waals surface area contributed by atoms with Crippen molar-refractivity contribution in [2.75, 3.05) is 7.11 Å². The van der Waals surface area contributed by atoms with E-state index in [1.165, 1.54) is 7.11 Å². The van der Waals surface area contributed by atoms with Crippen molar-refractivity contribution in [1.82, 2.24) is 10.9 Å². The minimum absolute atomic E-state index is 0.0221. The monoisotopic (exact) mass is 394 g/mol. The standard InChI is InChI=1S/C20H21F3N2O3/c1-19(13-17(26)28-2,12-14-6-4-3-5-7-14)25-24-18(27)15-8-10-16(11-9-15)20(21,22)23/h3-11,25H,12-13H2,1-2H3,(H,24,27)/t19-/m0/s1. The predicted octanol–water partition coefficient (Wildman–Crippen LogP) is 3.50. The number of hydrazine groups is 1. The summed E-state index contributed by atoms with van der Waals surface area (Å²) in [6.45, 7) is 1.74. The van der Waals surface area contributed by atoms with Crippen LogP contribution >= 0.6 is 0 Å². The Morgan fingerprint density at radius 1 is 1.00 bits per heavy atom. The van der Waals surface area contributed by atoms with Crippen molar-refractivity contribution >= 4 is 11.9 Å². The molecule has 0 heterocycles. The lowest BCUT2D eigenvalue weighted by atomic mass is 9.90. The number of ether oxygens (including phenoxy) is 1. The summed E-state index contributed by atoms with van der Waals surface area (Å²) >= 11 is 0. The molecule has 0 saturated heterocycles. The Balaban J connectivity index is 2.09. The highest BCUT2D eigenvalue weighted by molar-refractivity contribution is 5.93. The van der Waals surface area contributed by atoms with E-state index >= 15 is 0 Å². The molecule has 0 saturated carbocycles. The number of benzene rings is 2. The lowest BCUT2D eigenvalue weighted by molar-refractivity contribution is -0.142. The Morgan fingerprint density at radius 2 is 1.61 bits per heavy atom. The summed E-state index contributed by atoms with van der Waals surface area (Å²) < 4.78 is 42.6. The van der Waals surface area contributed by atoms with Crippen molar-refractivity contribution in [3.05, 3.63) is 71.3 Å². The van der Waals surface area contributed by atoms with Crippen molar-refractivity contribution in [2.24, 2.45) is 0 Å². The average Bonchev–Trinajstić information content (AvgIpc) is 2.66. The number of halogens is 3. The molecular weight excluding hydrogens is 373 g/mol. The van der Waals surface area contributed by atoms with Crippen LogP contribution in [-0.4, -0.2) is 24.5 Å². The van der Waals surface area contributed by atoms with Crippen molar-refractivity contribution in [1.29, 1.82) is 0 Å². The smallest absolute Gasteiger partial charge is 0.416 e. The summed E-state index contributed by atoms with van der Waals surface area (Å²) in [7, 11) is 1.27. The molecule has 150 valence electrons. The molecule has 0 aliphatic carbocycles. The number of alkyl halides is 3. The maximum Gasteiger partial charge on any atom is 0.416 e. The molecule has 0 aliphatic heterocycles. The number of methoxy groups -OCH3 is 1. The van der Waals surface area contributed by atoms with Gasteiger partial charge in [-0.15, -0.1) is 0 Å². The average molecular weight is 394 g/mol. The quantitative estimate of drug-likeness (QED) is 0.557. The van der Waals surface area contributed by atoms with Crippen LogP contribution in [0.15, 0.2) is 54.6 Å². The summed E-state index contributed by atoms with van der Waals surface area (Å²) in [5.41, 5.74) is 4.59. The van der Waals surface area contributed by atoms with Gasteiger partial charge in [0, 0.05) is 11.1 Å². The van der Waals surface area contributed by atoms with Gasteiger partial charge in [0.1, 0.15) is 0 Å². The number of amides is 1. The van der Waals surface area contributed by atoms with Gasteiger partial charge in [-0.3, -0.25) is 15.0 Å². The number of rotatable bonds is 7. The number of carbonyl (C=O) groups is 2. The lowest BCUT2D eigenvalue weighted by Crippen LogP contribution is -2.54. The normalized spacial score (nSPS) is 13.5. The van der Waals surface area contributed by atoms with E-state index in [0.29, 0.717) is 6.42 Å². The predicted molar refractivity (Wildman–Crippen MR) is 97.2 cm³/mol. The van der Waals surface area contributed by atoms with Gasteiger partial charge in [-0.1, -0.05) is 30.3 Å². The van der Waals surface area contributed by atoms with Crippen LogP contribution in [0.2, 0.25) is 0 Å². The number of carbonyl (C=O) groups excluding carboxylic acids is 2. The summed E-state index contributed by atoms with van der Waals surface area (Å²) in [5.74, 6) is -1.08. The fourth-order valence-corrected chi connectivity index (χ4v) is 2.68. The van der Waals surface area contributed by atoms with E-state index in [-0.39, 0.29) is 12.0 Å². The molecule has 2 aromatic carbocycles. The Morgan fingerprint density at radius 3 is 2.14 bits per heavy atom. The number of hydrogen-bond donors (Lipinski definition) is 2. The molecule has 0 aromatic heterocycles. The van der Waals surface area contributed by atoms with E-state index in [2.05, 4.69) is 10.9 Å². The summed E-state index contributed by atoms with van der Waals surface area (Å²) in [4.78, 5) is 24.1. The van der Waals surface area contributed by atoms with E-state index < -0.39 is 29.2 Å². The number of hydrogen-bond acceptors (Lipinski definition) is 4. The highest BCUT2D eigenvalue weighted by Gasteiger charge is 2.31. The molecule has 1 amide bonds. The van der Waals surface area contributed by atoms with E-state index in [1.54, 1.807) is 6.92 Å². The fourth-order valence-electron chi connectivity index (χ4n) is 2.68. The van der Waals surface area contributed by atoms with Crippen LogP contribution in [0, 0.1) is 0 Å². The van der Waals surface area contributed by atoms with Gasteiger partial charge in [0.2, 0.25) is 0 Å². The molecule has 0 bridgehead atoms. The Kier molecular flexibility index (Phi) is 6.80. The largest absolute Gasteiger partial charge is 0.469 e. The Hall–Kier alpha value is -2.87. The van der Waals surface area contributed by atoms with Crippen LogP contribution in [-0.2, 0) is 22.1 Å². The van der Waals surface area contributed by atoms with Gasteiger partial charge in [-0.2, -0.15) is 13.2 Å². The Labute approximate surface area is 160 Å². The third-order valence-corrected chi connectivity index (χ3v) is 4.15. The van der Waals surface area contributed by atoms with Gasteiger partial charge >= 0.3 is 12.1 Å². The van der Waals surface area contributed by atoms with Gasteiger partial charge in [-0.25, -0.2) is 5.43 Å². The lowest BCUT2D eigenvalue weighted by Gasteiger charge is -2.30. The minimum atomic E-state index is -4.47. The molecule has 0 fully saturated rings. The third kappa shape index (κ3) is 6.09. The molecule has 1 atom stereocenters. The molecule has 0 radical (unpaired) electrons. The third-order valence-electron chi connectivity index (χ3n) is 4.15. The van der Waals surface area contributed by atoms with Crippen LogP contribution in [0.3, 0.4) is 0 Å². The second-order valence-corrected chi connectivity index (χ2v) is 6.63. The highest BCUT2D eigenvalue weighted by atomic mass is 19.4. The maximum atomic E-state index is 12.6. The maximum absolute atomic E-state index is 12.6. The molecule has 2 rings (SSSR count). The molecule has 0 unspecified atom stereocenters. The highest BCUT2D eigenvalue weighted by Crippen LogP contribution is 2.29. The topological polar surface area (TPSA) is 67.4 Å². The second-order valence-electron chi connectivity index (χ2n) is 6.63. The molecule has 0 spiro atoms. The molecule has 5 nitrogen and oxygen atoms in total. The zero-order valence-electron chi connectivity index (χ0n) is 15.5. The number of esters is 1. The van der Waals surface area contributed by atoms with Gasteiger partial charge in [-0.05, 0) is 43.2 Å². The first-order chi connectivity index (χ1) is 13.1. The Bertz CT molecular complexity index is 808. The van der Waals surface area contributed by atoms with E-state index in [1.807, 2.05) is 30.3 Å². The van der Waals surface area contributed by atoms with Crippen LogP contribution in [0.25, 0.3) is 0 Å². The van der Waals surface area contributed by atoms with E-state index in [9.17, 15) is 22.8 Å². The number of nitrogens with one attached hydrogen (secondary N) is 2. The van der Waals surface area contributed by atoms with Crippen molar-refractivity contribution in [3.63, 3.8) is 0 Å². The molecule has 2 N–H and O–H groups in total. The SMILES string of the molecule is COC(=O)C[C@](C)(Cc1ccccc1)NNC(=O)c1ccc(C(F)(F)F)cc1. The zero-order chi connectivity index (χ0) is 20.8. The van der Waals surface area contributed by atoms with Crippen molar-refractivity contribution in [2.45, 2.75) is 31.5 Å². The molecule has 8 heteroatoms. The molecule has 28 heavy (non-hydrogen) atoms. The molecule has 2 aromatic rings. The summed E-state index contributed by atoms with van der Waals surface area (Å²) in [6.07, 6.45) is -4.08. The fraction of sp³-hybridized carbons (Fsp3) is 0.300. The summed E-state index contributed by atoms with van der Waals surface area (Å²) in [5, 5.41) is 0. The van der Waals surface area contributed by atoms with Gasteiger partial charge < -0.3 is 4.74 Å². The second kappa shape index (κ2) is 8.88.